The summed E-state index contributed by atoms with van der Waals surface area (Å²) in [4.78, 5) is 2.55. The number of aromatic hydroxyl groups is 1. The number of phenols is 1. The first-order valence-electron chi connectivity index (χ1n) is 6.80. The van der Waals surface area contributed by atoms with Crippen LogP contribution in [-0.2, 0) is 12.8 Å². The van der Waals surface area contributed by atoms with Gasteiger partial charge in [-0.25, -0.2) is 0 Å². The van der Waals surface area contributed by atoms with Crippen LogP contribution < -0.4 is 0 Å². The second kappa shape index (κ2) is 7.15. The Kier molecular flexibility index (Phi) is 6.16. The largest absolute Gasteiger partial charge is 0.508 e. The fraction of sp³-hybridized carbons (Fsp3) is 0.600. The number of benzene rings is 1. The molecule has 0 radical (unpaired) electrons. The molecule has 1 aromatic rings. The molecule has 2 nitrogen and oxygen atoms in total. The van der Waals surface area contributed by atoms with Gasteiger partial charge in [0.2, 0.25) is 0 Å². The molecule has 2 rings (SSSR count). The maximum atomic E-state index is 9.94. The van der Waals surface area contributed by atoms with Gasteiger partial charge in [-0.3, -0.25) is 0 Å². The van der Waals surface area contributed by atoms with Gasteiger partial charge in [0, 0.05) is 6.04 Å². The van der Waals surface area contributed by atoms with Gasteiger partial charge in [-0.05, 0) is 56.0 Å². The molecule has 1 aliphatic carbocycles. The van der Waals surface area contributed by atoms with Crippen LogP contribution in [0.3, 0.4) is 0 Å². The average Bonchev–Trinajstić information content (AvgIpc) is 2.36. The van der Waals surface area contributed by atoms with E-state index in [9.17, 15) is 5.11 Å². The third-order valence-corrected chi connectivity index (χ3v) is 3.87. The molecule has 1 N–H and O–H groups in total. The first-order chi connectivity index (χ1) is 8.26. The first kappa shape index (κ1) is 15.5. The summed E-state index contributed by atoms with van der Waals surface area (Å²) in [6.45, 7) is 6.75. The Morgan fingerprint density at radius 2 is 2.11 bits per heavy atom. The third-order valence-electron chi connectivity index (χ3n) is 3.87. The van der Waals surface area contributed by atoms with Crippen LogP contribution in [0.5, 0.6) is 5.75 Å². The van der Waals surface area contributed by atoms with Crippen molar-refractivity contribution in [2.24, 2.45) is 0 Å². The van der Waals surface area contributed by atoms with E-state index in [1.165, 1.54) is 30.5 Å². The summed E-state index contributed by atoms with van der Waals surface area (Å²) in [5.74, 6) is 0.486. The van der Waals surface area contributed by atoms with Crippen LogP contribution in [0.1, 0.15) is 37.8 Å². The molecular weight excluding hydrogens is 290 g/mol. The zero-order chi connectivity index (χ0) is 12.3. The van der Waals surface area contributed by atoms with E-state index in [0.717, 1.165) is 19.4 Å². The van der Waals surface area contributed by atoms with E-state index < -0.39 is 0 Å². The van der Waals surface area contributed by atoms with Crippen molar-refractivity contribution >= 4 is 17.0 Å². The van der Waals surface area contributed by atoms with Gasteiger partial charge < -0.3 is 10.0 Å². The van der Waals surface area contributed by atoms with E-state index in [1.807, 2.05) is 12.1 Å². The highest BCUT2D eigenvalue weighted by atomic mass is 79.9. The lowest BCUT2D eigenvalue weighted by atomic mass is 9.87. The van der Waals surface area contributed by atoms with Crippen molar-refractivity contribution in [2.45, 2.75) is 45.6 Å². The van der Waals surface area contributed by atoms with E-state index in [1.54, 1.807) is 0 Å². The Morgan fingerprint density at radius 1 is 1.33 bits per heavy atom. The second-order valence-electron chi connectivity index (χ2n) is 4.94. The smallest absolute Gasteiger partial charge is 0.119 e. The number of aryl methyl sites for hydroxylation is 1. The molecule has 1 aliphatic rings. The van der Waals surface area contributed by atoms with Crippen LogP contribution in [0.2, 0.25) is 0 Å². The van der Waals surface area contributed by atoms with Crippen molar-refractivity contribution in [1.82, 2.24) is 4.90 Å². The number of likely N-dealkylation sites (N-methyl/N-ethyl adjacent to an activating group) is 1. The summed E-state index contributed by atoms with van der Waals surface area (Å²) >= 11 is 0. The molecule has 3 heteroatoms. The summed E-state index contributed by atoms with van der Waals surface area (Å²) in [5, 5.41) is 9.94. The molecule has 0 saturated carbocycles. The van der Waals surface area contributed by atoms with Crippen LogP contribution in [0.25, 0.3) is 0 Å². The zero-order valence-electron chi connectivity index (χ0n) is 11.4. The SMILES string of the molecule is Br.CCCN(CC)C1CCc2cccc(O)c2C1. The van der Waals surface area contributed by atoms with Crippen molar-refractivity contribution < 1.29 is 5.11 Å². The maximum Gasteiger partial charge on any atom is 0.119 e. The highest BCUT2D eigenvalue weighted by Gasteiger charge is 2.24. The minimum Gasteiger partial charge on any atom is -0.508 e. The normalized spacial score (nSPS) is 18.3. The number of fused-ring (bicyclic) bond motifs is 1. The number of halogens is 1. The Bertz CT molecular complexity index is 381. The number of hydrogen-bond acceptors (Lipinski definition) is 2. The highest BCUT2D eigenvalue weighted by molar-refractivity contribution is 8.93. The van der Waals surface area contributed by atoms with Crippen molar-refractivity contribution in [3.8, 4) is 5.75 Å². The Balaban J connectivity index is 0.00000162. The van der Waals surface area contributed by atoms with Crippen LogP contribution in [0.4, 0.5) is 0 Å². The van der Waals surface area contributed by atoms with E-state index in [0.29, 0.717) is 11.8 Å². The molecule has 102 valence electrons. The summed E-state index contributed by atoms with van der Waals surface area (Å²) in [6.07, 6.45) is 4.55. The van der Waals surface area contributed by atoms with Crippen LogP contribution in [0, 0.1) is 0 Å². The Morgan fingerprint density at radius 3 is 2.78 bits per heavy atom. The van der Waals surface area contributed by atoms with Gasteiger partial charge in [0.05, 0.1) is 0 Å². The maximum absolute atomic E-state index is 9.94. The molecule has 0 saturated heterocycles. The number of hydrogen-bond donors (Lipinski definition) is 1. The van der Waals surface area contributed by atoms with Gasteiger partial charge in [-0.2, -0.15) is 0 Å². The topological polar surface area (TPSA) is 23.5 Å². The van der Waals surface area contributed by atoms with Crippen LogP contribution in [0.15, 0.2) is 18.2 Å². The van der Waals surface area contributed by atoms with Gasteiger partial charge in [0.25, 0.3) is 0 Å². The van der Waals surface area contributed by atoms with E-state index in [2.05, 4.69) is 24.8 Å². The van der Waals surface area contributed by atoms with Gasteiger partial charge in [0.1, 0.15) is 5.75 Å². The van der Waals surface area contributed by atoms with E-state index in [-0.39, 0.29) is 17.0 Å². The van der Waals surface area contributed by atoms with Gasteiger partial charge in [-0.1, -0.05) is 26.0 Å². The molecule has 0 amide bonds. The molecule has 0 heterocycles. The number of phenolic OH excluding ortho intramolecular Hbond substituents is 1. The summed E-state index contributed by atoms with van der Waals surface area (Å²) in [5.41, 5.74) is 2.52. The van der Waals surface area contributed by atoms with Crippen molar-refractivity contribution in [2.75, 3.05) is 13.1 Å². The second-order valence-corrected chi connectivity index (χ2v) is 4.94. The summed E-state index contributed by atoms with van der Waals surface area (Å²) < 4.78 is 0. The van der Waals surface area contributed by atoms with Crippen molar-refractivity contribution in [3.63, 3.8) is 0 Å². The van der Waals surface area contributed by atoms with Crippen molar-refractivity contribution in [1.29, 1.82) is 0 Å². The molecule has 0 aliphatic heterocycles. The molecular formula is C15H24BrNO. The lowest BCUT2D eigenvalue weighted by Gasteiger charge is -2.34. The predicted molar refractivity (Wildman–Crippen MR) is 81.8 cm³/mol. The standard InChI is InChI=1S/C15H23NO.BrH/c1-3-10-16(4-2)13-9-8-12-6-5-7-15(17)14(12)11-13;/h5-7,13,17H,3-4,8-11H2,1-2H3;1H. The average molecular weight is 314 g/mol. The molecule has 0 aromatic heterocycles. The predicted octanol–water partition coefficient (Wildman–Crippen LogP) is 3.56. The molecule has 0 bridgehead atoms. The fourth-order valence-corrected chi connectivity index (χ4v) is 2.95. The van der Waals surface area contributed by atoms with Crippen LogP contribution in [-0.4, -0.2) is 29.1 Å². The van der Waals surface area contributed by atoms with E-state index in [4.69, 9.17) is 0 Å². The van der Waals surface area contributed by atoms with Crippen molar-refractivity contribution in [3.05, 3.63) is 29.3 Å². The minimum atomic E-state index is 0. The number of rotatable bonds is 4. The van der Waals surface area contributed by atoms with Crippen LogP contribution >= 0.6 is 17.0 Å². The monoisotopic (exact) mass is 313 g/mol. The third kappa shape index (κ3) is 3.27. The molecule has 1 unspecified atom stereocenters. The van der Waals surface area contributed by atoms with Gasteiger partial charge in [0.15, 0.2) is 0 Å². The molecule has 0 spiro atoms. The van der Waals surface area contributed by atoms with Gasteiger partial charge in [-0.15, -0.1) is 17.0 Å². The fourth-order valence-electron chi connectivity index (χ4n) is 2.95. The molecule has 1 aromatic carbocycles. The quantitative estimate of drug-likeness (QED) is 0.918. The lowest BCUT2D eigenvalue weighted by molar-refractivity contribution is 0.188. The van der Waals surface area contributed by atoms with E-state index >= 15 is 0 Å². The molecule has 18 heavy (non-hydrogen) atoms. The highest BCUT2D eigenvalue weighted by Crippen LogP contribution is 2.30. The zero-order valence-corrected chi connectivity index (χ0v) is 13.1. The Hall–Kier alpha value is -0.540. The Labute approximate surface area is 121 Å². The summed E-state index contributed by atoms with van der Waals surface area (Å²) in [6, 6.07) is 6.54. The molecule has 0 fully saturated rings. The minimum absolute atomic E-state index is 0. The lowest BCUT2D eigenvalue weighted by Crippen LogP contribution is -2.39. The summed E-state index contributed by atoms with van der Waals surface area (Å²) in [7, 11) is 0. The number of nitrogens with zero attached hydrogens (tertiary/aromatic N) is 1. The van der Waals surface area contributed by atoms with Gasteiger partial charge >= 0.3 is 0 Å². The molecule has 1 atom stereocenters. The first-order valence-corrected chi connectivity index (χ1v) is 6.80.